The van der Waals surface area contributed by atoms with Crippen LogP contribution in [0.4, 0.5) is 0 Å². The van der Waals surface area contributed by atoms with Gasteiger partial charge in [-0.1, -0.05) is 36.4 Å². The first-order chi connectivity index (χ1) is 14.2. The third-order valence-corrected chi connectivity index (χ3v) is 5.22. The van der Waals surface area contributed by atoms with Gasteiger partial charge in [-0.2, -0.15) is 0 Å². The number of carbonyl (C=O) groups excluding carboxylic acids is 1. The number of pyridine rings is 1. The zero-order valence-corrected chi connectivity index (χ0v) is 16.1. The summed E-state index contributed by atoms with van der Waals surface area (Å²) in [4.78, 5) is 19.4. The molecule has 0 radical (unpaired) electrons. The van der Waals surface area contributed by atoms with E-state index in [-0.39, 0.29) is 5.78 Å². The van der Waals surface area contributed by atoms with Crippen molar-refractivity contribution < 1.29 is 14.3 Å². The number of benzene rings is 2. The van der Waals surface area contributed by atoms with E-state index < -0.39 is 0 Å². The van der Waals surface area contributed by atoms with Crippen molar-refractivity contribution in [3.05, 3.63) is 94.5 Å². The second-order valence-corrected chi connectivity index (χ2v) is 7.31. The van der Waals surface area contributed by atoms with Crippen LogP contribution in [0.1, 0.15) is 32.7 Å². The van der Waals surface area contributed by atoms with Gasteiger partial charge < -0.3 is 9.47 Å². The lowest BCUT2D eigenvalue weighted by Crippen LogP contribution is -2.32. The first-order valence-corrected chi connectivity index (χ1v) is 9.60. The molecule has 0 fully saturated rings. The molecule has 5 heteroatoms. The second kappa shape index (κ2) is 7.18. The molecule has 2 aliphatic heterocycles. The van der Waals surface area contributed by atoms with E-state index in [2.05, 4.69) is 22.0 Å². The van der Waals surface area contributed by atoms with Gasteiger partial charge >= 0.3 is 0 Å². The summed E-state index contributed by atoms with van der Waals surface area (Å²) in [5.41, 5.74) is 4.40. The van der Waals surface area contributed by atoms with Gasteiger partial charge in [0.15, 0.2) is 5.76 Å². The van der Waals surface area contributed by atoms with Gasteiger partial charge in [-0.3, -0.25) is 14.7 Å². The molecule has 29 heavy (non-hydrogen) atoms. The van der Waals surface area contributed by atoms with Crippen LogP contribution in [0, 0.1) is 6.92 Å². The lowest BCUT2D eigenvalue weighted by atomic mass is 10.00. The molecule has 0 unspecified atom stereocenters. The number of Topliss-reactive ketones (excluding diaryl/α,β-unsaturated/α-hetero) is 1. The van der Waals surface area contributed by atoms with Crippen molar-refractivity contribution in [3.63, 3.8) is 0 Å². The standard InChI is InChI=1S/C24H20N2O3/c1-16-23-18(14-26(15-28-23)13-17-7-3-2-4-8-17)11-20-22(27)21(29-24(16)20)12-19-9-5-6-10-25-19/h2-12H,13-15H2,1H3/b21-12-. The fraction of sp³-hybridized carbons (Fsp3) is 0.167. The van der Waals surface area contributed by atoms with Crippen molar-refractivity contribution in [2.75, 3.05) is 6.73 Å². The molecule has 3 aromatic rings. The van der Waals surface area contributed by atoms with Gasteiger partial charge in [0, 0.05) is 36.5 Å². The number of hydrogen-bond acceptors (Lipinski definition) is 5. The molecule has 5 nitrogen and oxygen atoms in total. The number of fused-ring (bicyclic) bond motifs is 2. The molecule has 1 aromatic heterocycles. The van der Waals surface area contributed by atoms with Crippen molar-refractivity contribution >= 4 is 11.9 Å². The quantitative estimate of drug-likeness (QED) is 0.628. The predicted molar refractivity (Wildman–Crippen MR) is 110 cm³/mol. The van der Waals surface area contributed by atoms with Crippen LogP contribution in [0.3, 0.4) is 0 Å². The Morgan fingerprint density at radius 3 is 2.72 bits per heavy atom. The number of aromatic nitrogens is 1. The third-order valence-electron chi connectivity index (χ3n) is 5.22. The van der Waals surface area contributed by atoms with E-state index >= 15 is 0 Å². The lowest BCUT2D eigenvalue weighted by molar-refractivity contribution is 0.0876. The largest absolute Gasteiger partial charge is 0.477 e. The lowest BCUT2D eigenvalue weighted by Gasteiger charge is -2.30. The minimum absolute atomic E-state index is 0.114. The Bertz CT molecular complexity index is 1110. The van der Waals surface area contributed by atoms with Gasteiger partial charge in [0.25, 0.3) is 0 Å². The highest BCUT2D eigenvalue weighted by Gasteiger charge is 2.33. The summed E-state index contributed by atoms with van der Waals surface area (Å²) < 4.78 is 12.0. The Balaban J connectivity index is 1.44. The molecule has 0 amide bonds. The Morgan fingerprint density at radius 1 is 1.10 bits per heavy atom. The summed E-state index contributed by atoms with van der Waals surface area (Å²) in [6.07, 6.45) is 3.38. The van der Waals surface area contributed by atoms with E-state index in [1.54, 1.807) is 12.3 Å². The van der Waals surface area contributed by atoms with Crippen LogP contribution >= 0.6 is 0 Å². The molecular weight excluding hydrogens is 364 g/mol. The fourth-order valence-electron chi connectivity index (χ4n) is 3.84. The predicted octanol–water partition coefficient (Wildman–Crippen LogP) is 4.36. The molecule has 0 N–H and O–H groups in total. The number of rotatable bonds is 3. The Hall–Kier alpha value is -3.44. The number of hydrogen-bond donors (Lipinski definition) is 0. The average Bonchev–Trinajstić information content (AvgIpc) is 3.05. The zero-order chi connectivity index (χ0) is 19.8. The monoisotopic (exact) mass is 384 g/mol. The first kappa shape index (κ1) is 17.6. The SMILES string of the molecule is Cc1c2c(cc3c1O/C(=C\c1ccccn1)C3=O)CN(Cc1ccccc1)CO2. The normalized spacial score (nSPS) is 16.9. The highest BCUT2D eigenvalue weighted by Crippen LogP contribution is 2.43. The maximum Gasteiger partial charge on any atom is 0.232 e. The summed E-state index contributed by atoms with van der Waals surface area (Å²) in [5, 5.41) is 0. The summed E-state index contributed by atoms with van der Waals surface area (Å²) >= 11 is 0. The second-order valence-electron chi connectivity index (χ2n) is 7.31. The fourth-order valence-corrected chi connectivity index (χ4v) is 3.84. The molecule has 0 saturated heterocycles. The molecule has 3 heterocycles. The molecular formula is C24H20N2O3. The van der Waals surface area contributed by atoms with E-state index in [1.807, 2.05) is 49.4 Å². The molecule has 0 spiro atoms. The van der Waals surface area contributed by atoms with Crippen LogP contribution in [0.2, 0.25) is 0 Å². The number of ketones is 1. The van der Waals surface area contributed by atoms with Gasteiger partial charge in [-0.15, -0.1) is 0 Å². The summed E-state index contributed by atoms with van der Waals surface area (Å²) in [6, 6.07) is 17.8. The summed E-state index contributed by atoms with van der Waals surface area (Å²) in [6.45, 7) is 3.98. The van der Waals surface area contributed by atoms with Gasteiger partial charge in [0.2, 0.25) is 5.78 Å². The Kier molecular flexibility index (Phi) is 4.37. The molecule has 0 atom stereocenters. The molecule has 144 valence electrons. The smallest absolute Gasteiger partial charge is 0.232 e. The van der Waals surface area contributed by atoms with Crippen molar-refractivity contribution in [2.24, 2.45) is 0 Å². The van der Waals surface area contributed by atoms with Crippen molar-refractivity contribution in [1.29, 1.82) is 0 Å². The van der Waals surface area contributed by atoms with Crippen LogP contribution in [0.5, 0.6) is 11.5 Å². The van der Waals surface area contributed by atoms with E-state index in [4.69, 9.17) is 9.47 Å². The Morgan fingerprint density at radius 2 is 1.93 bits per heavy atom. The minimum Gasteiger partial charge on any atom is -0.477 e. The average molecular weight is 384 g/mol. The highest BCUT2D eigenvalue weighted by molar-refractivity contribution is 6.15. The van der Waals surface area contributed by atoms with Crippen LogP contribution in [0.15, 0.2) is 66.6 Å². The topological polar surface area (TPSA) is 51.7 Å². The molecule has 0 bridgehead atoms. The highest BCUT2D eigenvalue weighted by atomic mass is 16.5. The number of ether oxygens (including phenoxy) is 2. The number of allylic oxidation sites excluding steroid dienone is 1. The summed E-state index contributed by atoms with van der Waals surface area (Å²) in [5.74, 6) is 1.59. The van der Waals surface area contributed by atoms with Gasteiger partial charge in [0.1, 0.15) is 18.2 Å². The molecule has 2 aliphatic rings. The van der Waals surface area contributed by atoms with Gasteiger partial charge in [0.05, 0.1) is 11.3 Å². The maximum absolute atomic E-state index is 12.9. The van der Waals surface area contributed by atoms with Crippen LogP contribution in [-0.2, 0) is 13.1 Å². The Labute approximate surface area is 169 Å². The van der Waals surface area contributed by atoms with E-state index in [0.29, 0.717) is 29.5 Å². The number of carbonyl (C=O) groups is 1. The van der Waals surface area contributed by atoms with Crippen molar-refractivity contribution in [3.8, 4) is 11.5 Å². The zero-order valence-electron chi connectivity index (χ0n) is 16.1. The van der Waals surface area contributed by atoms with Crippen LogP contribution < -0.4 is 9.47 Å². The van der Waals surface area contributed by atoms with Crippen molar-refractivity contribution in [2.45, 2.75) is 20.0 Å². The van der Waals surface area contributed by atoms with E-state index in [0.717, 1.165) is 30.0 Å². The molecule has 5 rings (SSSR count). The van der Waals surface area contributed by atoms with Crippen LogP contribution in [0.25, 0.3) is 6.08 Å². The van der Waals surface area contributed by atoms with Gasteiger partial charge in [-0.25, -0.2) is 0 Å². The first-order valence-electron chi connectivity index (χ1n) is 9.60. The van der Waals surface area contributed by atoms with E-state index in [1.165, 1.54) is 5.56 Å². The van der Waals surface area contributed by atoms with Crippen molar-refractivity contribution in [1.82, 2.24) is 9.88 Å². The molecule has 0 saturated carbocycles. The third kappa shape index (κ3) is 3.30. The number of nitrogens with zero attached hydrogens (tertiary/aromatic N) is 2. The molecule has 0 aliphatic carbocycles. The molecule has 2 aromatic carbocycles. The van der Waals surface area contributed by atoms with E-state index in [9.17, 15) is 4.79 Å². The van der Waals surface area contributed by atoms with Gasteiger partial charge in [-0.05, 0) is 30.7 Å². The maximum atomic E-state index is 12.9. The van der Waals surface area contributed by atoms with Crippen LogP contribution in [-0.4, -0.2) is 22.4 Å². The summed E-state index contributed by atoms with van der Waals surface area (Å²) in [7, 11) is 0. The minimum atomic E-state index is -0.114.